The molecule has 0 unspecified atom stereocenters. The van der Waals surface area contributed by atoms with Crippen LogP contribution in [0.15, 0.2) is 71.1 Å². The molecule has 0 saturated carbocycles. The third-order valence-corrected chi connectivity index (χ3v) is 6.21. The summed E-state index contributed by atoms with van der Waals surface area (Å²) in [5, 5.41) is 4.95. The van der Waals surface area contributed by atoms with E-state index in [1.54, 1.807) is 12.1 Å². The van der Waals surface area contributed by atoms with E-state index >= 15 is 0 Å². The zero-order valence-corrected chi connectivity index (χ0v) is 20.9. The second kappa shape index (κ2) is 11.5. The van der Waals surface area contributed by atoms with Gasteiger partial charge >= 0.3 is 7.82 Å². The molecule has 9 heteroatoms. The Morgan fingerprint density at radius 2 is 1.75 bits per heavy atom. The van der Waals surface area contributed by atoms with Crippen LogP contribution in [-0.2, 0) is 11.0 Å². The summed E-state index contributed by atoms with van der Waals surface area (Å²) in [5.41, 5.74) is 2.05. The first-order chi connectivity index (χ1) is 17.3. The molecule has 0 radical (unpaired) electrons. The highest BCUT2D eigenvalue weighted by Crippen LogP contribution is 2.37. The molecule has 0 aliphatic heterocycles. The number of phosphoric ester groups is 1. The Bertz CT molecular complexity index is 1370. The van der Waals surface area contributed by atoms with Crippen LogP contribution in [0, 0.1) is 0 Å². The molecule has 1 aromatic heterocycles. The van der Waals surface area contributed by atoms with E-state index in [0.29, 0.717) is 24.6 Å². The maximum atomic E-state index is 13.1. The van der Waals surface area contributed by atoms with Gasteiger partial charge < -0.3 is 14.3 Å². The minimum atomic E-state index is -4.64. The summed E-state index contributed by atoms with van der Waals surface area (Å²) in [6, 6.07) is 20.0. The number of aromatic nitrogens is 1. The largest absolute Gasteiger partial charge is 0.524 e. The molecule has 3 aromatic carbocycles. The summed E-state index contributed by atoms with van der Waals surface area (Å²) >= 11 is 0. The van der Waals surface area contributed by atoms with E-state index in [1.807, 2.05) is 42.5 Å². The number of oxazole rings is 1. The first-order valence-corrected chi connectivity index (χ1v) is 13.5. The monoisotopic (exact) mass is 508 g/mol. The fourth-order valence-corrected chi connectivity index (χ4v) is 4.41. The number of unbranched alkanes of at least 4 members (excludes halogenated alkanes) is 3. The SMILES string of the molecule is CCCCCCNC(=O)c1oc(-c2cccc3ccccc23)nc1Cc1ccc(OP(=O)(O)O)cc1. The van der Waals surface area contributed by atoms with Gasteiger partial charge in [0.25, 0.3) is 5.91 Å². The number of nitrogens with zero attached hydrogens (tertiary/aromatic N) is 1. The lowest BCUT2D eigenvalue weighted by Crippen LogP contribution is -2.25. The van der Waals surface area contributed by atoms with Crippen molar-refractivity contribution in [3.8, 4) is 17.2 Å². The lowest BCUT2D eigenvalue weighted by atomic mass is 10.0. The number of carbonyl (C=O) groups excluding carboxylic acids is 1. The highest BCUT2D eigenvalue weighted by Gasteiger charge is 2.22. The van der Waals surface area contributed by atoms with Crippen LogP contribution in [0.25, 0.3) is 22.2 Å². The Morgan fingerprint density at radius 3 is 2.50 bits per heavy atom. The van der Waals surface area contributed by atoms with Crippen LogP contribution in [-0.4, -0.2) is 27.2 Å². The fourth-order valence-electron chi connectivity index (χ4n) is 4.01. The van der Waals surface area contributed by atoms with Crippen LogP contribution >= 0.6 is 7.82 Å². The number of nitrogens with one attached hydrogen (secondary N) is 1. The van der Waals surface area contributed by atoms with Crippen LogP contribution < -0.4 is 9.84 Å². The van der Waals surface area contributed by atoms with E-state index in [4.69, 9.17) is 19.2 Å². The van der Waals surface area contributed by atoms with Crippen molar-refractivity contribution >= 4 is 24.5 Å². The van der Waals surface area contributed by atoms with Gasteiger partial charge in [0.15, 0.2) is 0 Å². The molecule has 4 aromatic rings. The normalized spacial score (nSPS) is 11.5. The van der Waals surface area contributed by atoms with Gasteiger partial charge in [0.2, 0.25) is 11.7 Å². The van der Waals surface area contributed by atoms with E-state index in [1.165, 1.54) is 12.1 Å². The Morgan fingerprint density at radius 1 is 1.00 bits per heavy atom. The smallest absolute Gasteiger partial charge is 0.431 e. The van der Waals surface area contributed by atoms with E-state index in [0.717, 1.165) is 47.6 Å². The van der Waals surface area contributed by atoms with Crippen molar-refractivity contribution in [1.82, 2.24) is 10.3 Å². The van der Waals surface area contributed by atoms with Crippen molar-refractivity contribution < 1.29 is 28.1 Å². The van der Waals surface area contributed by atoms with Crippen LogP contribution in [0.3, 0.4) is 0 Å². The molecule has 0 saturated heterocycles. The minimum absolute atomic E-state index is 0.0497. The molecule has 188 valence electrons. The number of amides is 1. The Labute approximate surface area is 209 Å². The quantitative estimate of drug-likeness (QED) is 0.171. The summed E-state index contributed by atoms with van der Waals surface area (Å²) in [6.07, 6.45) is 4.47. The summed E-state index contributed by atoms with van der Waals surface area (Å²) in [6.45, 7) is 2.69. The van der Waals surface area contributed by atoms with Gasteiger partial charge in [0, 0.05) is 18.5 Å². The zero-order valence-electron chi connectivity index (χ0n) is 20.0. The summed E-state index contributed by atoms with van der Waals surface area (Å²) in [7, 11) is -4.64. The third kappa shape index (κ3) is 6.61. The van der Waals surface area contributed by atoms with Gasteiger partial charge in [-0.25, -0.2) is 9.55 Å². The molecule has 1 amide bonds. The molecule has 4 rings (SSSR count). The molecule has 0 bridgehead atoms. The van der Waals surface area contributed by atoms with E-state index in [9.17, 15) is 9.36 Å². The van der Waals surface area contributed by atoms with E-state index in [-0.39, 0.29) is 17.4 Å². The van der Waals surface area contributed by atoms with Crippen LogP contribution in [0.1, 0.15) is 54.4 Å². The second-order valence-electron chi connectivity index (χ2n) is 8.54. The van der Waals surface area contributed by atoms with Gasteiger partial charge in [-0.3, -0.25) is 14.6 Å². The lowest BCUT2D eigenvalue weighted by Gasteiger charge is -2.07. The molecule has 0 atom stereocenters. The summed E-state index contributed by atoms with van der Waals surface area (Å²) in [5.74, 6) is 0.249. The van der Waals surface area contributed by atoms with Gasteiger partial charge in [0.05, 0.1) is 5.69 Å². The Kier molecular flexibility index (Phi) is 8.21. The van der Waals surface area contributed by atoms with Crippen LogP contribution in [0.4, 0.5) is 0 Å². The van der Waals surface area contributed by atoms with Crippen molar-refractivity contribution in [1.29, 1.82) is 0 Å². The van der Waals surface area contributed by atoms with Gasteiger partial charge in [-0.15, -0.1) is 0 Å². The maximum Gasteiger partial charge on any atom is 0.524 e. The molecule has 1 heterocycles. The second-order valence-corrected chi connectivity index (χ2v) is 9.70. The number of hydrogen-bond donors (Lipinski definition) is 3. The lowest BCUT2D eigenvalue weighted by molar-refractivity contribution is 0.0925. The predicted octanol–water partition coefficient (Wildman–Crippen LogP) is 5.87. The van der Waals surface area contributed by atoms with Crippen molar-refractivity contribution in [2.75, 3.05) is 6.54 Å². The first kappa shape index (κ1) is 25.6. The van der Waals surface area contributed by atoms with Crippen molar-refractivity contribution in [2.24, 2.45) is 0 Å². The number of fused-ring (bicyclic) bond motifs is 1. The van der Waals surface area contributed by atoms with Gasteiger partial charge in [-0.05, 0) is 41.0 Å². The number of hydrogen-bond acceptors (Lipinski definition) is 5. The first-order valence-electron chi connectivity index (χ1n) is 11.9. The van der Waals surface area contributed by atoms with Crippen molar-refractivity contribution in [2.45, 2.75) is 39.0 Å². The molecule has 36 heavy (non-hydrogen) atoms. The molecule has 8 nitrogen and oxygen atoms in total. The average Bonchev–Trinajstić information content (AvgIpc) is 3.27. The molecular weight excluding hydrogens is 479 g/mol. The Hall–Kier alpha value is -3.45. The zero-order chi connectivity index (χ0) is 25.5. The number of rotatable bonds is 11. The molecule has 0 spiro atoms. The van der Waals surface area contributed by atoms with Crippen molar-refractivity contribution in [3.05, 3.63) is 83.7 Å². The topological polar surface area (TPSA) is 122 Å². The van der Waals surface area contributed by atoms with Gasteiger partial charge in [-0.1, -0.05) is 74.7 Å². The molecule has 0 fully saturated rings. The molecular formula is C27H29N2O6P. The minimum Gasteiger partial charge on any atom is -0.431 e. The van der Waals surface area contributed by atoms with E-state index in [2.05, 4.69) is 16.8 Å². The number of phosphoric acid groups is 1. The summed E-state index contributed by atoms with van der Waals surface area (Å²) in [4.78, 5) is 35.8. The standard InChI is InChI=1S/C27H29N2O6P/c1-2-3-4-7-17-28-26(30)25-24(18-19-13-15-21(16-14-19)35-36(31,32)33)29-27(34-25)23-12-8-10-20-9-5-6-11-22(20)23/h5-6,8-16H,2-4,7,17-18H2,1H3,(H,28,30)(H2,31,32,33). The van der Waals surface area contributed by atoms with E-state index < -0.39 is 7.82 Å². The average molecular weight is 509 g/mol. The maximum absolute atomic E-state index is 13.1. The van der Waals surface area contributed by atoms with Gasteiger partial charge in [0.1, 0.15) is 5.75 Å². The fraction of sp³-hybridized carbons (Fsp3) is 0.259. The molecule has 3 N–H and O–H groups in total. The highest BCUT2D eigenvalue weighted by atomic mass is 31.2. The molecule has 0 aliphatic carbocycles. The summed E-state index contributed by atoms with van der Waals surface area (Å²) < 4.78 is 21.7. The van der Waals surface area contributed by atoms with Gasteiger partial charge in [-0.2, -0.15) is 0 Å². The van der Waals surface area contributed by atoms with Crippen LogP contribution in [0.2, 0.25) is 0 Å². The molecule has 0 aliphatic rings. The number of benzene rings is 3. The highest BCUT2D eigenvalue weighted by molar-refractivity contribution is 7.46. The number of carbonyl (C=O) groups is 1. The van der Waals surface area contributed by atoms with Crippen LogP contribution in [0.5, 0.6) is 5.75 Å². The predicted molar refractivity (Wildman–Crippen MR) is 138 cm³/mol. The Balaban J connectivity index is 1.63. The third-order valence-electron chi connectivity index (χ3n) is 5.76. The van der Waals surface area contributed by atoms with Crippen molar-refractivity contribution in [3.63, 3.8) is 0 Å².